The topological polar surface area (TPSA) is 128 Å². The number of carboxylic acids is 1. The Labute approximate surface area is 195 Å². The molecule has 1 aliphatic carbocycles. The lowest BCUT2D eigenvalue weighted by molar-refractivity contribution is -0.131. The van der Waals surface area contributed by atoms with Crippen molar-refractivity contribution in [1.29, 1.82) is 5.26 Å². The number of nitrogens with one attached hydrogen (secondary N) is 2. The van der Waals surface area contributed by atoms with Crippen LogP contribution in [-0.2, 0) is 21.4 Å². The molecular weight excluding hydrogens is 432 g/mol. The van der Waals surface area contributed by atoms with Gasteiger partial charge in [0.25, 0.3) is 0 Å². The number of H-pyrrole nitrogens is 1. The number of carboxylic acid groups (broad SMARTS) is 1. The number of amides is 1. The number of fused-ring (bicyclic) bond motifs is 2. The Hall–Kier alpha value is -4.38. The second-order valence-corrected chi connectivity index (χ2v) is 8.61. The fourth-order valence-corrected chi connectivity index (χ4v) is 4.78. The fourth-order valence-electron chi connectivity index (χ4n) is 4.78. The Morgan fingerprint density at radius 3 is 2.94 bits per heavy atom. The van der Waals surface area contributed by atoms with E-state index in [4.69, 9.17) is 9.84 Å². The van der Waals surface area contributed by atoms with E-state index < -0.39 is 5.97 Å². The molecule has 1 spiro atoms. The molecule has 2 aromatic carbocycles. The van der Waals surface area contributed by atoms with E-state index in [-0.39, 0.29) is 17.2 Å². The molecule has 0 radical (unpaired) electrons. The van der Waals surface area contributed by atoms with Crippen LogP contribution < -0.4 is 10.1 Å². The number of carbonyl (C=O) groups is 2. The van der Waals surface area contributed by atoms with Gasteiger partial charge in [0.1, 0.15) is 5.75 Å². The van der Waals surface area contributed by atoms with E-state index in [9.17, 15) is 14.9 Å². The van der Waals surface area contributed by atoms with Crippen LogP contribution in [0.5, 0.6) is 5.75 Å². The number of hydrogen-bond donors (Lipinski definition) is 3. The molecule has 5 rings (SSSR count). The average molecular weight is 454 g/mol. The van der Waals surface area contributed by atoms with Gasteiger partial charge in [-0.1, -0.05) is 12.1 Å². The molecule has 0 unspecified atom stereocenters. The van der Waals surface area contributed by atoms with Crippen molar-refractivity contribution in [1.82, 2.24) is 10.2 Å². The number of anilines is 1. The Morgan fingerprint density at radius 1 is 1.29 bits per heavy atom. The van der Waals surface area contributed by atoms with Crippen molar-refractivity contribution in [2.75, 3.05) is 11.9 Å². The van der Waals surface area contributed by atoms with E-state index in [2.05, 4.69) is 27.6 Å². The van der Waals surface area contributed by atoms with E-state index in [1.54, 1.807) is 24.4 Å². The zero-order valence-electron chi connectivity index (χ0n) is 18.2. The van der Waals surface area contributed by atoms with Crippen LogP contribution in [0.3, 0.4) is 0 Å². The Kier molecular flexibility index (Phi) is 5.38. The van der Waals surface area contributed by atoms with Crippen LogP contribution in [0, 0.1) is 17.2 Å². The number of allylic oxidation sites excluding steroid dienone is 1. The molecule has 1 fully saturated rings. The molecule has 3 aromatic rings. The average Bonchev–Trinajstić information content (AvgIpc) is 3.28. The van der Waals surface area contributed by atoms with Gasteiger partial charge in [0.15, 0.2) is 0 Å². The van der Waals surface area contributed by atoms with Crippen molar-refractivity contribution in [3.8, 4) is 23.1 Å². The summed E-state index contributed by atoms with van der Waals surface area (Å²) in [4.78, 5) is 24.1. The van der Waals surface area contributed by atoms with Crippen LogP contribution in [0.4, 0.5) is 5.69 Å². The molecule has 170 valence electrons. The quantitative estimate of drug-likeness (QED) is 0.486. The van der Waals surface area contributed by atoms with Gasteiger partial charge in [-0.05, 0) is 61.2 Å². The standard InChI is InChI=1S/C26H22N4O4/c27-15-16-4-5-17(2-1-3-24(31)32)22(12-16)29-25(33)20-14-26(20)9-11-34-23-7-6-18(13-19(23)26)21-8-10-28-30-21/h1,3-8,10,12-13,20H,2,9,11,14H2,(H,28,30)(H,29,33)(H,31,32)/t20-,26-/m0/s1. The van der Waals surface area contributed by atoms with Gasteiger partial charge in [-0.2, -0.15) is 10.4 Å². The molecule has 2 atom stereocenters. The number of hydrogen-bond acceptors (Lipinski definition) is 5. The highest BCUT2D eigenvalue weighted by atomic mass is 16.5. The van der Waals surface area contributed by atoms with Crippen LogP contribution in [0.25, 0.3) is 11.3 Å². The highest BCUT2D eigenvalue weighted by molar-refractivity contribution is 5.97. The minimum atomic E-state index is -1.04. The SMILES string of the molecule is N#Cc1ccc(CC=CC(=O)O)c(NC(=O)[C@@H]2C[C@]23CCOc2ccc(-c4ccn[nH]4)cc23)c1. The highest BCUT2D eigenvalue weighted by Gasteiger charge is 2.61. The largest absolute Gasteiger partial charge is 0.493 e. The lowest BCUT2D eigenvalue weighted by Gasteiger charge is -2.27. The maximum absolute atomic E-state index is 13.3. The molecule has 0 bridgehead atoms. The molecule has 2 heterocycles. The summed E-state index contributed by atoms with van der Waals surface area (Å²) in [6, 6.07) is 15.0. The van der Waals surface area contributed by atoms with Crippen molar-refractivity contribution < 1.29 is 19.4 Å². The molecule has 1 amide bonds. The molecule has 0 saturated heterocycles. The minimum absolute atomic E-state index is 0.113. The van der Waals surface area contributed by atoms with Gasteiger partial charge in [-0.25, -0.2) is 4.79 Å². The lowest BCUT2D eigenvalue weighted by atomic mass is 9.86. The zero-order valence-corrected chi connectivity index (χ0v) is 18.2. The number of nitriles is 1. The maximum atomic E-state index is 13.3. The van der Waals surface area contributed by atoms with Crippen molar-refractivity contribution in [3.05, 3.63) is 77.5 Å². The van der Waals surface area contributed by atoms with Gasteiger partial charge in [0.05, 0.1) is 23.9 Å². The number of benzene rings is 2. The lowest BCUT2D eigenvalue weighted by Crippen LogP contribution is -2.27. The van der Waals surface area contributed by atoms with Gasteiger partial charge < -0.3 is 15.2 Å². The predicted molar refractivity (Wildman–Crippen MR) is 124 cm³/mol. The first kappa shape index (κ1) is 21.5. The second-order valence-electron chi connectivity index (χ2n) is 8.61. The summed E-state index contributed by atoms with van der Waals surface area (Å²) < 4.78 is 5.88. The highest BCUT2D eigenvalue weighted by Crippen LogP contribution is 2.61. The van der Waals surface area contributed by atoms with Gasteiger partial charge >= 0.3 is 5.97 Å². The predicted octanol–water partition coefficient (Wildman–Crippen LogP) is 3.81. The van der Waals surface area contributed by atoms with E-state index in [1.807, 2.05) is 18.2 Å². The second kappa shape index (κ2) is 8.52. The molecule has 2 aliphatic rings. The van der Waals surface area contributed by atoms with Crippen LogP contribution in [0.2, 0.25) is 0 Å². The first-order valence-corrected chi connectivity index (χ1v) is 11.0. The van der Waals surface area contributed by atoms with Crippen molar-refractivity contribution in [2.45, 2.75) is 24.7 Å². The first-order chi connectivity index (χ1) is 16.5. The third-order valence-electron chi connectivity index (χ3n) is 6.62. The summed E-state index contributed by atoms with van der Waals surface area (Å²) >= 11 is 0. The van der Waals surface area contributed by atoms with Gasteiger partial charge in [-0.15, -0.1) is 0 Å². The Morgan fingerprint density at radius 2 is 2.18 bits per heavy atom. The molecule has 8 nitrogen and oxygen atoms in total. The van der Waals surface area contributed by atoms with Gasteiger partial charge in [0, 0.05) is 40.4 Å². The molecule has 1 aliphatic heterocycles. The third-order valence-corrected chi connectivity index (χ3v) is 6.62. The van der Waals surface area contributed by atoms with Crippen molar-refractivity contribution >= 4 is 17.6 Å². The molecule has 1 aromatic heterocycles. The van der Waals surface area contributed by atoms with Crippen molar-refractivity contribution in [3.63, 3.8) is 0 Å². The van der Waals surface area contributed by atoms with Crippen LogP contribution in [-0.4, -0.2) is 33.8 Å². The van der Waals surface area contributed by atoms with E-state index in [1.165, 1.54) is 6.08 Å². The minimum Gasteiger partial charge on any atom is -0.493 e. The number of rotatable bonds is 6. The van der Waals surface area contributed by atoms with Gasteiger partial charge in [-0.3, -0.25) is 9.89 Å². The molecular formula is C26H22N4O4. The number of aromatic amines is 1. The molecule has 8 heteroatoms. The van der Waals surface area contributed by atoms with Crippen LogP contribution in [0.1, 0.15) is 29.5 Å². The Bertz CT molecular complexity index is 1340. The summed E-state index contributed by atoms with van der Waals surface area (Å²) in [7, 11) is 0. The number of carbonyl (C=O) groups excluding carboxylic acids is 1. The zero-order chi connectivity index (χ0) is 23.7. The monoisotopic (exact) mass is 454 g/mol. The molecule has 34 heavy (non-hydrogen) atoms. The van der Waals surface area contributed by atoms with Crippen LogP contribution >= 0.6 is 0 Å². The molecule has 3 N–H and O–H groups in total. The fraction of sp³-hybridized carbons (Fsp3) is 0.231. The summed E-state index contributed by atoms with van der Waals surface area (Å²) in [6.07, 6.45) is 6.07. The number of aliphatic carboxylic acids is 1. The van der Waals surface area contributed by atoms with E-state index in [0.29, 0.717) is 30.7 Å². The van der Waals surface area contributed by atoms with E-state index >= 15 is 0 Å². The summed E-state index contributed by atoms with van der Waals surface area (Å²) in [5, 5.41) is 28.2. The smallest absolute Gasteiger partial charge is 0.327 e. The van der Waals surface area contributed by atoms with E-state index in [0.717, 1.165) is 40.6 Å². The number of ether oxygens (including phenoxy) is 1. The first-order valence-electron chi connectivity index (χ1n) is 11.0. The summed E-state index contributed by atoms with van der Waals surface area (Å²) in [6.45, 7) is 0.551. The number of aromatic nitrogens is 2. The van der Waals surface area contributed by atoms with Crippen molar-refractivity contribution in [2.24, 2.45) is 5.92 Å². The Balaban J connectivity index is 1.40. The molecule has 1 saturated carbocycles. The normalized spacial score (nSPS) is 20.4. The van der Waals surface area contributed by atoms with Crippen LogP contribution in [0.15, 0.2) is 60.8 Å². The van der Waals surface area contributed by atoms with Gasteiger partial charge in [0.2, 0.25) is 5.91 Å². The maximum Gasteiger partial charge on any atom is 0.327 e. The third kappa shape index (κ3) is 3.92. The summed E-state index contributed by atoms with van der Waals surface area (Å²) in [5.41, 5.74) is 4.32. The number of nitrogens with zero attached hydrogens (tertiary/aromatic N) is 2. The summed E-state index contributed by atoms with van der Waals surface area (Å²) in [5.74, 6) is -0.568.